The number of aromatic amines is 1. The molecule has 2 rings (SSSR count). The Morgan fingerprint density at radius 1 is 1.33 bits per heavy atom. The molecular weight excluding hydrogens is 268 g/mol. The van der Waals surface area contributed by atoms with Crippen molar-refractivity contribution in [3.05, 3.63) is 47.5 Å². The van der Waals surface area contributed by atoms with E-state index < -0.39 is 0 Å². The molecule has 0 spiro atoms. The number of nitrogens with one attached hydrogen (secondary N) is 1. The monoisotopic (exact) mass is 288 g/mol. The molecule has 0 radical (unpaired) electrons. The summed E-state index contributed by atoms with van der Waals surface area (Å²) in [6.45, 7) is 4.53. The van der Waals surface area contributed by atoms with Crippen molar-refractivity contribution in [1.82, 2.24) is 20.1 Å². The Morgan fingerprint density at radius 3 is 2.62 bits per heavy atom. The lowest BCUT2D eigenvalue weighted by atomic mass is 10.2. The second-order valence-electron chi connectivity index (χ2n) is 5.13. The van der Waals surface area contributed by atoms with Crippen molar-refractivity contribution >= 4 is 5.91 Å². The minimum absolute atomic E-state index is 0.0972. The van der Waals surface area contributed by atoms with Crippen molar-refractivity contribution in [1.29, 1.82) is 0 Å². The van der Waals surface area contributed by atoms with Crippen molar-refractivity contribution in [2.24, 2.45) is 0 Å². The Balaban J connectivity index is 2.14. The fraction of sp³-hybridized carbons (Fsp3) is 0.400. The highest BCUT2D eigenvalue weighted by Gasteiger charge is 2.20. The molecule has 2 N–H and O–H groups in total. The Bertz CT molecular complexity index is 580. The lowest BCUT2D eigenvalue weighted by molar-refractivity contribution is 0.0696. The fourth-order valence-corrected chi connectivity index (χ4v) is 1.95. The van der Waals surface area contributed by atoms with Gasteiger partial charge in [-0.05, 0) is 5.56 Å². The molecule has 0 saturated heterocycles. The van der Waals surface area contributed by atoms with Gasteiger partial charge in [0.05, 0.1) is 6.61 Å². The standard InChI is InChI=1S/C15H20N4O2/c1-11(2)13-16-14(18-17-13)15(21)19(8-9-20)10-12-6-4-3-5-7-12/h3-7,11,20H,8-10H2,1-2H3,(H,16,17,18). The van der Waals surface area contributed by atoms with Crippen LogP contribution in [0.5, 0.6) is 0 Å². The molecule has 112 valence electrons. The summed E-state index contributed by atoms with van der Waals surface area (Å²) in [5, 5.41) is 15.9. The molecule has 0 aliphatic carbocycles. The number of nitrogens with zero attached hydrogens (tertiary/aromatic N) is 3. The first-order valence-corrected chi connectivity index (χ1v) is 6.98. The first kappa shape index (κ1) is 15.2. The highest BCUT2D eigenvalue weighted by molar-refractivity contribution is 5.90. The number of carbonyl (C=O) groups excluding carboxylic acids is 1. The summed E-state index contributed by atoms with van der Waals surface area (Å²) in [4.78, 5) is 18.2. The second-order valence-corrected chi connectivity index (χ2v) is 5.13. The molecule has 1 heterocycles. The van der Waals surface area contributed by atoms with Crippen LogP contribution in [0.2, 0.25) is 0 Å². The van der Waals surface area contributed by atoms with Gasteiger partial charge in [-0.2, -0.15) is 0 Å². The molecule has 0 aliphatic heterocycles. The fourth-order valence-electron chi connectivity index (χ4n) is 1.95. The first-order chi connectivity index (χ1) is 10.1. The van der Waals surface area contributed by atoms with Crippen LogP contribution in [0, 0.1) is 0 Å². The lowest BCUT2D eigenvalue weighted by Crippen LogP contribution is -2.33. The van der Waals surface area contributed by atoms with E-state index in [1.807, 2.05) is 44.2 Å². The maximum absolute atomic E-state index is 12.4. The number of rotatable bonds is 6. The number of carbonyl (C=O) groups is 1. The molecule has 1 amide bonds. The summed E-state index contributed by atoms with van der Waals surface area (Å²) in [6, 6.07) is 9.64. The van der Waals surface area contributed by atoms with Gasteiger partial charge in [-0.3, -0.25) is 9.89 Å². The van der Waals surface area contributed by atoms with Crippen LogP contribution >= 0.6 is 0 Å². The molecule has 0 fully saturated rings. The summed E-state index contributed by atoms with van der Waals surface area (Å²) < 4.78 is 0. The zero-order chi connectivity index (χ0) is 15.2. The van der Waals surface area contributed by atoms with Crippen LogP contribution in [-0.4, -0.2) is 44.2 Å². The predicted octanol–water partition coefficient (Wildman–Crippen LogP) is 1.56. The molecule has 0 unspecified atom stereocenters. The minimum atomic E-state index is -0.281. The number of H-pyrrole nitrogens is 1. The number of aliphatic hydroxyl groups excluding tert-OH is 1. The van der Waals surface area contributed by atoms with Crippen molar-refractivity contribution in [3.63, 3.8) is 0 Å². The van der Waals surface area contributed by atoms with Crippen LogP contribution in [0.1, 0.15) is 41.8 Å². The van der Waals surface area contributed by atoms with E-state index in [2.05, 4.69) is 15.2 Å². The smallest absolute Gasteiger partial charge is 0.293 e. The van der Waals surface area contributed by atoms with Gasteiger partial charge in [0.25, 0.3) is 5.91 Å². The summed E-state index contributed by atoms with van der Waals surface area (Å²) in [5.41, 5.74) is 0.999. The third-order valence-corrected chi connectivity index (χ3v) is 3.11. The van der Waals surface area contributed by atoms with Crippen molar-refractivity contribution in [3.8, 4) is 0 Å². The Hall–Kier alpha value is -2.21. The topological polar surface area (TPSA) is 82.1 Å². The van der Waals surface area contributed by atoms with Crippen molar-refractivity contribution in [2.75, 3.05) is 13.2 Å². The molecule has 0 bridgehead atoms. The molecule has 0 atom stereocenters. The number of hydrogen-bond acceptors (Lipinski definition) is 4. The van der Waals surface area contributed by atoms with Gasteiger partial charge in [0.2, 0.25) is 5.82 Å². The molecular formula is C15H20N4O2. The van der Waals surface area contributed by atoms with Crippen LogP contribution in [0.25, 0.3) is 0 Å². The van der Waals surface area contributed by atoms with E-state index >= 15 is 0 Å². The van der Waals surface area contributed by atoms with Gasteiger partial charge < -0.3 is 10.0 Å². The van der Waals surface area contributed by atoms with Crippen molar-refractivity contribution in [2.45, 2.75) is 26.3 Å². The molecule has 2 aromatic rings. The summed E-state index contributed by atoms with van der Waals surface area (Å²) in [5.74, 6) is 0.723. The largest absolute Gasteiger partial charge is 0.395 e. The average molecular weight is 288 g/mol. The maximum atomic E-state index is 12.4. The molecule has 1 aromatic heterocycles. The highest BCUT2D eigenvalue weighted by atomic mass is 16.3. The molecule has 6 heteroatoms. The highest BCUT2D eigenvalue weighted by Crippen LogP contribution is 2.11. The van der Waals surface area contributed by atoms with Crippen molar-refractivity contribution < 1.29 is 9.90 Å². The number of amides is 1. The molecule has 6 nitrogen and oxygen atoms in total. The van der Waals surface area contributed by atoms with Gasteiger partial charge in [0.1, 0.15) is 5.82 Å². The minimum Gasteiger partial charge on any atom is -0.395 e. The van der Waals surface area contributed by atoms with E-state index in [-0.39, 0.29) is 30.8 Å². The van der Waals surface area contributed by atoms with Gasteiger partial charge in [-0.25, -0.2) is 4.98 Å². The molecule has 0 aliphatic rings. The Morgan fingerprint density at radius 2 is 2.05 bits per heavy atom. The van der Waals surface area contributed by atoms with E-state index in [9.17, 15) is 4.79 Å². The van der Waals surface area contributed by atoms with Gasteiger partial charge >= 0.3 is 0 Å². The third-order valence-electron chi connectivity index (χ3n) is 3.11. The number of benzene rings is 1. The zero-order valence-electron chi connectivity index (χ0n) is 12.3. The Kier molecular flexibility index (Phi) is 5.05. The normalized spacial score (nSPS) is 10.9. The molecule has 0 saturated carbocycles. The Labute approximate surface area is 123 Å². The summed E-state index contributed by atoms with van der Waals surface area (Å²) in [7, 11) is 0. The number of aromatic nitrogens is 3. The van der Waals surface area contributed by atoms with Crippen LogP contribution in [-0.2, 0) is 6.54 Å². The van der Waals surface area contributed by atoms with Gasteiger partial charge in [-0.15, -0.1) is 5.10 Å². The quantitative estimate of drug-likeness (QED) is 0.845. The maximum Gasteiger partial charge on any atom is 0.293 e. The van der Waals surface area contributed by atoms with Crippen LogP contribution < -0.4 is 0 Å². The van der Waals surface area contributed by atoms with E-state index in [4.69, 9.17) is 5.11 Å². The lowest BCUT2D eigenvalue weighted by Gasteiger charge is -2.20. The third kappa shape index (κ3) is 3.88. The summed E-state index contributed by atoms with van der Waals surface area (Å²) >= 11 is 0. The SMILES string of the molecule is CC(C)c1nc(C(=O)N(CCO)Cc2ccccc2)n[nH]1. The van der Waals surface area contributed by atoms with Gasteiger partial charge in [-0.1, -0.05) is 44.2 Å². The molecule has 21 heavy (non-hydrogen) atoms. The molecule has 1 aromatic carbocycles. The van der Waals surface area contributed by atoms with E-state index in [1.54, 1.807) is 4.90 Å². The predicted molar refractivity (Wildman–Crippen MR) is 78.7 cm³/mol. The number of aliphatic hydroxyl groups is 1. The average Bonchev–Trinajstić information content (AvgIpc) is 2.97. The van der Waals surface area contributed by atoms with E-state index in [0.29, 0.717) is 12.4 Å². The van der Waals surface area contributed by atoms with Gasteiger partial charge in [0.15, 0.2) is 0 Å². The van der Waals surface area contributed by atoms with Crippen LogP contribution in [0.3, 0.4) is 0 Å². The second kappa shape index (κ2) is 6.99. The van der Waals surface area contributed by atoms with E-state index in [1.165, 1.54) is 0 Å². The zero-order valence-corrected chi connectivity index (χ0v) is 12.3. The van der Waals surface area contributed by atoms with Gasteiger partial charge in [0, 0.05) is 19.0 Å². The summed E-state index contributed by atoms with van der Waals surface area (Å²) in [6.07, 6.45) is 0. The van der Waals surface area contributed by atoms with Crippen LogP contribution in [0.4, 0.5) is 0 Å². The van der Waals surface area contributed by atoms with Crippen LogP contribution in [0.15, 0.2) is 30.3 Å². The van der Waals surface area contributed by atoms with E-state index in [0.717, 1.165) is 5.56 Å². The number of hydrogen-bond donors (Lipinski definition) is 2. The first-order valence-electron chi connectivity index (χ1n) is 6.98.